The van der Waals surface area contributed by atoms with Crippen molar-refractivity contribution in [3.63, 3.8) is 0 Å². The van der Waals surface area contributed by atoms with Gasteiger partial charge in [-0.1, -0.05) is 6.08 Å². The highest BCUT2D eigenvalue weighted by atomic mass is 16.6. The van der Waals surface area contributed by atoms with E-state index in [1.807, 2.05) is 47.6 Å². The van der Waals surface area contributed by atoms with Crippen molar-refractivity contribution in [2.45, 2.75) is 72.0 Å². The molecule has 7 nitrogen and oxygen atoms in total. The topological polar surface area (TPSA) is 62.3 Å². The Morgan fingerprint density at radius 3 is 1.59 bits per heavy atom. The molecule has 1 fully saturated rings. The summed E-state index contributed by atoms with van der Waals surface area (Å²) >= 11 is 0. The lowest BCUT2D eigenvalue weighted by Gasteiger charge is -2.30. The van der Waals surface area contributed by atoms with Crippen LogP contribution in [0.2, 0.25) is 0 Å². The van der Waals surface area contributed by atoms with Crippen molar-refractivity contribution in [2.24, 2.45) is 0 Å². The van der Waals surface area contributed by atoms with Crippen LogP contribution in [0.25, 0.3) is 0 Å². The van der Waals surface area contributed by atoms with Crippen LogP contribution in [-0.4, -0.2) is 83.9 Å². The second kappa shape index (κ2) is 11.4. The fourth-order valence-corrected chi connectivity index (χ4v) is 2.97. The SMILES string of the molecule is C=CCCCCN1CCN(C(=O)OC(C)(C)C)CCN(C(=O)OC(C)(C)C)CC1. The van der Waals surface area contributed by atoms with E-state index in [0.717, 1.165) is 38.9 Å². The van der Waals surface area contributed by atoms with E-state index in [0.29, 0.717) is 26.2 Å². The van der Waals surface area contributed by atoms with E-state index in [9.17, 15) is 9.59 Å². The first kappa shape index (κ1) is 25.3. The van der Waals surface area contributed by atoms with Crippen molar-refractivity contribution < 1.29 is 19.1 Å². The van der Waals surface area contributed by atoms with Gasteiger partial charge in [-0.2, -0.15) is 0 Å². The van der Waals surface area contributed by atoms with Crippen LogP contribution < -0.4 is 0 Å². The molecule has 168 valence electrons. The standard InChI is InChI=1S/C22H41N3O4/c1-8-9-10-11-12-23-13-15-24(19(26)28-21(2,3)4)17-18-25(16-14-23)20(27)29-22(5,6)7/h8H,1,9-18H2,2-7H3. The lowest BCUT2D eigenvalue weighted by molar-refractivity contribution is 0.0154. The molecule has 7 heteroatoms. The average Bonchev–Trinajstić information content (AvgIpc) is 2.66. The lowest BCUT2D eigenvalue weighted by Crippen LogP contribution is -2.44. The minimum atomic E-state index is -0.551. The maximum Gasteiger partial charge on any atom is 0.410 e. The number of amides is 2. The van der Waals surface area contributed by atoms with E-state index < -0.39 is 11.2 Å². The summed E-state index contributed by atoms with van der Waals surface area (Å²) in [7, 11) is 0. The van der Waals surface area contributed by atoms with Crippen LogP contribution in [0.5, 0.6) is 0 Å². The van der Waals surface area contributed by atoms with Crippen LogP contribution in [0.1, 0.15) is 60.8 Å². The molecule has 0 spiro atoms. The van der Waals surface area contributed by atoms with Gasteiger partial charge in [0, 0.05) is 39.3 Å². The molecule has 1 saturated heterocycles. The molecule has 0 saturated carbocycles. The number of hydrogen-bond donors (Lipinski definition) is 0. The molecule has 1 aliphatic heterocycles. The Kier molecular flexibility index (Phi) is 9.96. The minimum Gasteiger partial charge on any atom is -0.444 e. The molecule has 1 aliphatic rings. The molecule has 1 heterocycles. The van der Waals surface area contributed by atoms with Gasteiger partial charge in [-0.25, -0.2) is 9.59 Å². The van der Waals surface area contributed by atoms with Gasteiger partial charge in [0.1, 0.15) is 11.2 Å². The molecule has 0 bridgehead atoms. The Hall–Kier alpha value is -1.76. The number of rotatable bonds is 5. The number of nitrogens with zero attached hydrogens (tertiary/aromatic N) is 3. The zero-order valence-electron chi connectivity index (χ0n) is 19.3. The molecule has 1 rings (SSSR count). The molecule has 0 radical (unpaired) electrons. The Labute approximate surface area is 177 Å². The van der Waals surface area contributed by atoms with E-state index in [2.05, 4.69) is 11.5 Å². The summed E-state index contributed by atoms with van der Waals surface area (Å²) in [5.74, 6) is 0. The first-order valence-corrected chi connectivity index (χ1v) is 10.7. The summed E-state index contributed by atoms with van der Waals surface area (Å²) in [6.07, 6.45) is 4.41. The summed E-state index contributed by atoms with van der Waals surface area (Å²) in [6.45, 7) is 19.4. The fourth-order valence-electron chi connectivity index (χ4n) is 2.97. The number of hydrogen-bond acceptors (Lipinski definition) is 5. The van der Waals surface area contributed by atoms with E-state index in [1.165, 1.54) is 0 Å². The monoisotopic (exact) mass is 411 g/mol. The highest BCUT2D eigenvalue weighted by Gasteiger charge is 2.27. The molecule has 0 aromatic heterocycles. The Balaban J connectivity index is 2.84. The first-order valence-electron chi connectivity index (χ1n) is 10.7. The summed E-state index contributed by atoms with van der Waals surface area (Å²) in [5.41, 5.74) is -1.10. The molecule has 0 atom stereocenters. The molecular weight excluding hydrogens is 370 g/mol. The Morgan fingerprint density at radius 1 is 0.793 bits per heavy atom. The Bertz CT molecular complexity index is 497. The Morgan fingerprint density at radius 2 is 1.21 bits per heavy atom. The van der Waals surface area contributed by atoms with Crippen molar-refractivity contribution in [3.8, 4) is 0 Å². The third-order valence-corrected chi connectivity index (χ3v) is 4.45. The van der Waals surface area contributed by atoms with Gasteiger partial charge in [0.05, 0.1) is 0 Å². The quantitative estimate of drug-likeness (QED) is 0.503. The zero-order chi connectivity index (χ0) is 22.1. The normalized spacial score (nSPS) is 17.2. The van der Waals surface area contributed by atoms with Gasteiger partial charge in [0.25, 0.3) is 0 Å². The summed E-state index contributed by atoms with van der Waals surface area (Å²) in [6, 6.07) is 0. The number of carbonyl (C=O) groups is 2. The van der Waals surface area contributed by atoms with Gasteiger partial charge in [0.2, 0.25) is 0 Å². The first-order chi connectivity index (χ1) is 13.4. The van der Waals surface area contributed by atoms with Crippen LogP contribution >= 0.6 is 0 Å². The number of ether oxygens (including phenoxy) is 2. The molecular formula is C22H41N3O4. The molecule has 0 aliphatic carbocycles. The average molecular weight is 412 g/mol. The summed E-state index contributed by atoms with van der Waals surface area (Å²) < 4.78 is 11.1. The minimum absolute atomic E-state index is 0.338. The molecule has 29 heavy (non-hydrogen) atoms. The van der Waals surface area contributed by atoms with E-state index in [4.69, 9.17) is 9.47 Å². The maximum atomic E-state index is 12.6. The third kappa shape index (κ3) is 11.1. The van der Waals surface area contributed by atoms with Crippen molar-refractivity contribution in [1.82, 2.24) is 14.7 Å². The number of allylic oxidation sites excluding steroid dienone is 1. The van der Waals surface area contributed by atoms with Crippen LogP contribution in [0.15, 0.2) is 12.7 Å². The van der Waals surface area contributed by atoms with Gasteiger partial charge in [0.15, 0.2) is 0 Å². The van der Waals surface area contributed by atoms with E-state index in [-0.39, 0.29) is 12.2 Å². The van der Waals surface area contributed by atoms with Gasteiger partial charge >= 0.3 is 12.2 Å². The predicted molar refractivity (Wildman–Crippen MR) is 116 cm³/mol. The molecule has 0 aromatic carbocycles. The van der Waals surface area contributed by atoms with Gasteiger partial charge in [-0.05, 0) is 67.3 Å². The predicted octanol–water partition coefficient (Wildman–Crippen LogP) is 4.13. The highest BCUT2D eigenvalue weighted by Crippen LogP contribution is 2.14. The van der Waals surface area contributed by atoms with Crippen LogP contribution in [-0.2, 0) is 9.47 Å². The third-order valence-electron chi connectivity index (χ3n) is 4.45. The molecule has 2 amide bonds. The van der Waals surface area contributed by atoms with E-state index in [1.54, 1.807) is 9.80 Å². The largest absolute Gasteiger partial charge is 0.444 e. The number of carbonyl (C=O) groups excluding carboxylic acids is 2. The lowest BCUT2D eigenvalue weighted by atomic mass is 10.2. The van der Waals surface area contributed by atoms with Gasteiger partial charge in [-0.15, -0.1) is 6.58 Å². The molecule has 0 N–H and O–H groups in total. The summed E-state index contributed by atoms with van der Waals surface area (Å²) in [4.78, 5) is 31.0. The smallest absolute Gasteiger partial charge is 0.410 e. The second-order valence-electron chi connectivity index (χ2n) is 9.56. The van der Waals surface area contributed by atoms with Gasteiger partial charge < -0.3 is 19.3 Å². The van der Waals surface area contributed by atoms with Gasteiger partial charge in [-0.3, -0.25) is 4.90 Å². The van der Waals surface area contributed by atoms with Crippen molar-refractivity contribution in [1.29, 1.82) is 0 Å². The van der Waals surface area contributed by atoms with Crippen molar-refractivity contribution in [2.75, 3.05) is 45.8 Å². The fraction of sp³-hybridized carbons (Fsp3) is 0.818. The molecule has 0 unspecified atom stereocenters. The van der Waals surface area contributed by atoms with Crippen molar-refractivity contribution >= 4 is 12.2 Å². The highest BCUT2D eigenvalue weighted by molar-refractivity contribution is 5.69. The molecule has 0 aromatic rings. The number of unbranched alkanes of at least 4 members (excludes halogenated alkanes) is 2. The maximum absolute atomic E-state index is 12.6. The van der Waals surface area contributed by atoms with Crippen LogP contribution in [0.3, 0.4) is 0 Å². The van der Waals surface area contributed by atoms with Crippen LogP contribution in [0, 0.1) is 0 Å². The zero-order valence-corrected chi connectivity index (χ0v) is 19.3. The second-order valence-corrected chi connectivity index (χ2v) is 9.56. The van der Waals surface area contributed by atoms with Crippen LogP contribution in [0.4, 0.5) is 9.59 Å². The summed E-state index contributed by atoms with van der Waals surface area (Å²) in [5, 5.41) is 0. The van der Waals surface area contributed by atoms with E-state index >= 15 is 0 Å². The van der Waals surface area contributed by atoms with Crippen molar-refractivity contribution in [3.05, 3.63) is 12.7 Å².